The molecule has 3 aromatic rings. The van der Waals surface area contributed by atoms with Gasteiger partial charge in [-0.3, -0.25) is 9.59 Å². The van der Waals surface area contributed by atoms with E-state index in [0.717, 1.165) is 47.1 Å². The number of halogens is 4. The van der Waals surface area contributed by atoms with Gasteiger partial charge in [0.2, 0.25) is 0 Å². The van der Waals surface area contributed by atoms with Gasteiger partial charge in [0.15, 0.2) is 0 Å². The molecule has 0 aliphatic carbocycles. The third-order valence-electron chi connectivity index (χ3n) is 5.03. The molecule has 174 valence electrons. The third kappa shape index (κ3) is 5.46. The van der Waals surface area contributed by atoms with Crippen LogP contribution in [0.25, 0.3) is 16.9 Å². The van der Waals surface area contributed by atoms with Crippen LogP contribution in [0.3, 0.4) is 0 Å². The summed E-state index contributed by atoms with van der Waals surface area (Å²) in [4.78, 5) is 25.9. The number of rotatable bonds is 6. The van der Waals surface area contributed by atoms with Crippen LogP contribution in [0.1, 0.15) is 29.8 Å². The third-order valence-corrected chi connectivity index (χ3v) is 5.03. The molecule has 0 spiro atoms. The van der Waals surface area contributed by atoms with Crippen molar-refractivity contribution in [1.29, 1.82) is 0 Å². The molecule has 1 atom stereocenters. The maximum absolute atomic E-state index is 13.8. The number of alkyl halides is 3. The van der Waals surface area contributed by atoms with Crippen LogP contribution in [-0.2, 0) is 6.18 Å². The zero-order chi connectivity index (χ0) is 24.3. The van der Waals surface area contributed by atoms with Crippen LogP contribution >= 0.6 is 0 Å². The van der Waals surface area contributed by atoms with Crippen molar-refractivity contribution in [2.24, 2.45) is 5.92 Å². The molecule has 1 unspecified atom stereocenters. The number of aliphatic hydroxyl groups is 1. The van der Waals surface area contributed by atoms with E-state index in [9.17, 15) is 32.3 Å². The van der Waals surface area contributed by atoms with Gasteiger partial charge in [-0.05, 0) is 42.3 Å². The van der Waals surface area contributed by atoms with Gasteiger partial charge < -0.3 is 10.4 Å². The first-order valence-electron chi connectivity index (χ1n) is 10.0. The molecule has 1 amide bonds. The van der Waals surface area contributed by atoms with E-state index in [-0.39, 0.29) is 35.0 Å². The number of carbonyl (C=O) groups is 1. The fraction of sp³-hybridized carbons (Fsp3) is 0.261. The lowest BCUT2D eigenvalue weighted by atomic mass is 10.0. The average molecular weight is 463 g/mol. The van der Waals surface area contributed by atoms with E-state index in [2.05, 4.69) is 10.4 Å². The Kier molecular flexibility index (Phi) is 6.97. The number of aromatic nitrogens is 2. The Morgan fingerprint density at radius 2 is 1.79 bits per heavy atom. The molecule has 6 nitrogen and oxygen atoms in total. The Bertz CT molecular complexity index is 1200. The van der Waals surface area contributed by atoms with Crippen molar-refractivity contribution in [2.45, 2.75) is 26.1 Å². The number of carbonyl (C=O) groups excluding carboxylic acids is 1. The van der Waals surface area contributed by atoms with E-state index in [4.69, 9.17) is 0 Å². The molecule has 2 N–H and O–H groups in total. The van der Waals surface area contributed by atoms with Crippen molar-refractivity contribution in [3.63, 3.8) is 0 Å². The second-order valence-corrected chi connectivity index (χ2v) is 7.72. The Balaban J connectivity index is 2.16. The molecule has 0 saturated carbocycles. The van der Waals surface area contributed by atoms with E-state index < -0.39 is 35.1 Å². The number of hydrogen-bond acceptors (Lipinski definition) is 4. The SMILES string of the molecule is CC(C)C(CO)NC(=O)c1cc(-c2ccc(C(F)(F)F)cc2)nn(-c2cccc(F)c2)c1=O. The van der Waals surface area contributed by atoms with Gasteiger partial charge in [-0.15, -0.1) is 0 Å². The predicted octanol–water partition coefficient (Wildman–Crippen LogP) is 3.80. The minimum absolute atomic E-state index is 0.0304. The molecule has 0 bridgehead atoms. The summed E-state index contributed by atoms with van der Waals surface area (Å²) in [5.41, 5.74) is -1.80. The molecule has 0 aliphatic rings. The van der Waals surface area contributed by atoms with Gasteiger partial charge in [0.25, 0.3) is 11.5 Å². The minimum Gasteiger partial charge on any atom is -0.394 e. The molecule has 0 saturated heterocycles. The van der Waals surface area contributed by atoms with Gasteiger partial charge in [0.1, 0.15) is 11.4 Å². The molecule has 1 aromatic heterocycles. The molecular weight excluding hydrogens is 442 g/mol. The van der Waals surface area contributed by atoms with Crippen LogP contribution in [0.15, 0.2) is 59.4 Å². The lowest BCUT2D eigenvalue weighted by molar-refractivity contribution is -0.137. The van der Waals surface area contributed by atoms with E-state index in [0.29, 0.717) is 0 Å². The van der Waals surface area contributed by atoms with Crippen molar-refractivity contribution in [3.05, 3.63) is 81.9 Å². The van der Waals surface area contributed by atoms with Crippen molar-refractivity contribution in [2.75, 3.05) is 6.61 Å². The maximum Gasteiger partial charge on any atom is 0.416 e. The summed E-state index contributed by atoms with van der Waals surface area (Å²) >= 11 is 0. The van der Waals surface area contributed by atoms with Crippen molar-refractivity contribution >= 4 is 5.91 Å². The molecule has 1 heterocycles. The van der Waals surface area contributed by atoms with Crippen molar-refractivity contribution in [1.82, 2.24) is 15.1 Å². The topological polar surface area (TPSA) is 84.2 Å². The second-order valence-electron chi connectivity index (χ2n) is 7.72. The normalized spacial score (nSPS) is 12.6. The molecule has 33 heavy (non-hydrogen) atoms. The highest BCUT2D eigenvalue weighted by atomic mass is 19.4. The number of hydrogen-bond donors (Lipinski definition) is 2. The van der Waals surface area contributed by atoms with Crippen molar-refractivity contribution < 1.29 is 27.5 Å². The highest BCUT2D eigenvalue weighted by molar-refractivity contribution is 5.95. The molecular formula is C23H21F4N3O3. The number of benzene rings is 2. The van der Waals surface area contributed by atoms with Crippen LogP contribution in [0.5, 0.6) is 0 Å². The molecule has 10 heteroatoms. The maximum atomic E-state index is 13.8. The van der Waals surface area contributed by atoms with Crippen LogP contribution in [0, 0.1) is 11.7 Å². The Labute approximate surface area is 186 Å². The van der Waals surface area contributed by atoms with Crippen LogP contribution in [0.2, 0.25) is 0 Å². The zero-order valence-electron chi connectivity index (χ0n) is 17.7. The lowest BCUT2D eigenvalue weighted by Gasteiger charge is -2.20. The monoisotopic (exact) mass is 463 g/mol. The van der Waals surface area contributed by atoms with Crippen LogP contribution < -0.4 is 10.9 Å². The van der Waals surface area contributed by atoms with Gasteiger partial charge in [0.05, 0.1) is 29.6 Å². The summed E-state index contributed by atoms with van der Waals surface area (Å²) in [6.45, 7) is 3.18. The summed E-state index contributed by atoms with van der Waals surface area (Å²) in [5.74, 6) is -1.58. The van der Waals surface area contributed by atoms with E-state index in [1.165, 1.54) is 12.1 Å². The average Bonchev–Trinajstić information content (AvgIpc) is 2.76. The summed E-state index contributed by atoms with van der Waals surface area (Å²) in [6.07, 6.45) is -4.53. The summed E-state index contributed by atoms with van der Waals surface area (Å²) < 4.78 is 53.3. The first-order valence-corrected chi connectivity index (χ1v) is 10.0. The number of nitrogens with one attached hydrogen (secondary N) is 1. The van der Waals surface area contributed by atoms with Crippen LogP contribution in [-0.4, -0.2) is 33.4 Å². The molecule has 0 radical (unpaired) electrons. The van der Waals surface area contributed by atoms with Crippen LogP contribution in [0.4, 0.5) is 17.6 Å². The van der Waals surface area contributed by atoms with Gasteiger partial charge in [-0.2, -0.15) is 23.0 Å². The predicted molar refractivity (Wildman–Crippen MR) is 113 cm³/mol. The summed E-state index contributed by atoms with van der Waals surface area (Å²) in [5, 5.41) is 16.2. The Morgan fingerprint density at radius 1 is 1.12 bits per heavy atom. The van der Waals surface area contributed by atoms with E-state index >= 15 is 0 Å². The number of amides is 1. The number of nitrogens with zero attached hydrogens (tertiary/aromatic N) is 2. The fourth-order valence-electron chi connectivity index (χ4n) is 3.08. The van der Waals surface area contributed by atoms with Crippen molar-refractivity contribution in [3.8, 4) is 16.9 Å². The molecule has 0 aliphatic heterocycles. The lowest BCUT2D eigenvalue weighted by Crippen LogP contribution is -2.43. The molecule has 3 rings (SSSR count). The molecule has 2 aromatic carbocycles. The second kappa shape index (κ2) is 9.53. The quantitative estimate of drug-likeness (QED) is 0.545. The smallest absolute Gasteiger partial charge is 0.394 e. The first kappa shape index (κ1) is 24.1. The van der Waals surface area contributed by atoms with E-state index in [1.807, 2.05) is 0 Å². The minimum atomic E-state index is -4.53. The summed E-state index contributed by atoms with van der Waals surface area (Å²) in [7, 11) is 0. The van der Waals surface area contributed by atoms with E-state index in [1.54, 1.807) is 13.8 Å². The zero-order valence-corrected chi connectivity index (χ0v) is 17.7. The highest BCUT2D eigenvalue weighted by Gasteiger charge is 2.30. The van der Waals surface area contributed by atoms with Gasteiger partial charge in [0, 0.05) is 5.56 Å². The van der Waals surface area contributed by atoms with Gasteiger partial charge >= 0.3 is 6.18 Å². The summed E-state index contributed by atoms with van der Waals surface area (Å²) in [6, 6.07) is 9.52. The standard InChI is InChI=1S/C23H21F4N3O3/c1-13(2)20(12-31)28-21(32)18-11-19(14-6-8-15(9-7-14)23(25,26)27)29-30(22(18)33)17-5-3-4-16(24)10-17/h3-11,13,20,31H,12H2,1-2H3,(H,28,32). The fourth-order valence-corrected chi connectivity index (χ4v) is 3.08. The first-order chi connectivity index (χ1) is 15.5. The van der Waals surface area contributed by atoms with Gasteiger partial charge in [-0.25, -0.2) is 4.39 Å². The largest absolute Gasteiger partial charge is 0.416 e. The Hall–Kier alpha value is -3.53. The Morgan fingerprint density at radius 3 is 2.33 bits per heavy atom. The van der Waals surface area contributed by atoms with Gasteiger partial charge in [-0.1, -0.05) is 32.0 Å². The molecule has 0 fully saturated rings. The number of aliphatic hydroxyl groups excluding tert-OH is 1. The highest BCUT2D eigenvalue weighted by Crippen LogP contribution is 2.30.